The van der Waals surface area contributed by atoms with Gasteiger partial charge in [0.05, 0.1) is 13.2 Å². The minimum atomic E-state index is -1.05. The lowest BCUT2D eigenvalue weighted by Gasteiger charge is -2.22. The molecule has 0 saturated heterocycles. The van der Waals surface area contributed by atoms with E-state index in [0.29, 0.717) is 0 Å². The average molecular weight is 380 g/mol. The van der Waals surface area contributed by atoms with Gasteiger partial charge in [-0.1, -0.05) is 71.8 Å². The van der Waals surface area contributed by atoms with E-state index < -0.39 is 23.8 Å². The van der Waals surface area contributed by atoms with E-state index in [1.807, 2.05) is 74.5 Å². The number of carbonyl (C=O) groups excluding carboxylic acids is 2. The van der Waals surface area contributed by atoms with Crippen LogP contribution in [-0.4, -0.2) is 25.2 Å². The van der Waals surface area contributed by atoms with Gasteiger partial charge >= 0.3 is 11.9 Å². The highest BCUT2D eigenvalue weighted by Crippen LogP contribution is 2.30. The summed E-state index contributed by atoms with van der Waals surface area (Å²) < 4.78 is 10.4. The fourth-order valence-electron chi connectivity index (χ4n) is 2.95. The minimum absolute atomic E-state index is 0.205. The highest BCUT2D eigenvalue weighted by Gasteiger charge is 2.37. The van der Waals surface area contributed by atoms with Gasteiger partial charge in [-0.2, -0.15) is 0 Å². The van der Waals surface area contributed by atoms with Crippen molar-refractivity contribution in [1.82, 2.24) is 0 Å². The molecule has 2 aromatic carbocycles. The molecule has 4 nitrogen and oxygen atoms in total. The fraction of sp³-hybridized carbons (Fsp3) is 0.333. The maximum Gasteiger partial charge on any atom is 0.321 e. The number of benzene rings is 2. The lowest BCUT2D eigenvalue weighted by molar-refractivity contribution is -0.162. The Bertz CT molecular complexity index is 786. The first kappa shape index (κ1) is 21.4. The molecule has 0 spiro atoms. The second-order valence-corrected chi connectivity index (χ2v) is 6.69. The maximum atomic E-state index is 12.6. The van der Waals surface area contributed by atoms with Gasteiger partial charge in [0, 0.05) is 5.92 Å². The van der Waals surface area contributed by atoms with Crippen LogP contribution in [0.1, 0.15) is 42.0 Å². The molecule has 0 fully saturated rings. The summed E-state index contributed by atoms with van der Waals surface area (Å²) in [5.41, 5.74) is 4.13. The summed E-state index contributed by atoms with van der Waals surface area (Å²) in [6, 6.07) is 15.9. The van der Waals surface area contributed by atoms with Crippen molar-refractivity contribution in [2.75, 3.05) is 13.2 Å². The molecule has 0 aliphatic heterocycles. The molecule has 28 heavy (non-hydrogen) atoms. The van der Waals surface area contributed by atoms with Crippen LogP contribution >= 0.6 is 0 Å². The molecule has 0 aliphatic carbocycles. The Balaban J connectivity index is 2.46. The first-order chi connectivity index (χ1) is 13.5. The predicted molar refractivity (Wildman–Crippen MR) is 111 cm³/mol. The van der Waals surface area contributed by atoms with Crippen LogP contribution in [0.3, 0.4) is 0 Å². The molecule has 2 rings (SSSR count). The molecule has 1 unspecified atom stereocenters. The van der Waals surface area contributed by atoms with Gasteiger partial charge in [-0.05, 0) is 38.8 Å². The molecule has 0 amide bonds. The van der Waals surface area contributed by atoms with Gasteiger partial charge in [0.25, 0.3) is 0 Å². The summed E-state index contributed by atoms with van der Waals surface area (Å²) in [6.07, 6.45) is 3.81. The van der Waals surface area contributed by atoms with Crippen LogP contribution in [0.5, 0.6) is 0 Å². The largest absolute Gasteiger partial charge is 0.465 e. The van der Waals surface area contributed by atoms with Crippen molar-refractivity contribution in [2.24, 2.45) is 5.92 Å². The number of hydrogen-bond acceptors (Lipinski definition) is 4. The smallest absolute Gasteiger partial charge is 0.321 e. The van der Waals surface area contributed by atoms with Crippen LogP contribution in [0.2, 0.25) is 0 Å². The normalized spacial score (nSPS) is 12.2. The SMILES string of the molecule is CCOC(=O)C(C(=O)OCC)C(/C=C/c1ccc(C)cc1)c1ccc(C)cc1. The van der Waals surface area contributed by atoms with E-state index in [-0.39, 0.29) is 13.2 Å². The van der Waals surface area contributed by atoms with Crippen molar-refractivity contribution in [3.63, 3.8) is 0 Å². The van der Waals surface area contributed by atoms with Gasteiger partial charge in [0.15, 0.2) is 5.92 Å². The van der Waals surface area contributed by atoms with Crippen molar-refractivity contribution >= 4 is 18.0 Å². The van der Waals surface area contributed by atoms with Gasteiger partial charge < -0.3 is 9.47 Å². The zero-order valence-corrected chi connectivity index (χ0v) is 17.0. The van der Waals surface area contributed by atoms with Crippen LogP contribution in [0.25, 0.3) is 6.08 Å². The molecule has 2 aromatic rings. The number of carbonyl (C=O) groups is 2. The standard InChI is InChI=1S/C24H28O4/c1-5-27-23(25)22(24(26)28-6-2)21(20-14-9-18(4)10-15-20)16-13-19-11-7-17(3)8-12-19/h7-16,21-22H,5-6H2,1-4H3/b16-13+. The first-order valence-electron chi connectivity index (χ1n) is 9.61. The van der Waals surface area contributed by atoms with Crippen LogP contribution in [-0.2, 0) is 19.1 Å². The van der Waals surface area contributed by atoms with Crippen molar-refractivity contribution in [2.45, 2.75) is 33.6 Å². The van der Waals surface area contributed by atoms with E-state index in [1.54, 1.807) is 13.8 Å². The Hall–Kier alpha value is -2.88. The van der Waals surface area contributed by atoms with Gasteiger partial charge in [-0.3, -0.25) is 9.59 Å². The Labute approximate surface area is 167 Å². The molecule has 4 heteroatoms. The molecule has 1 atom stereocenters. The molecule has 0 aliphatic rings. The first-order valence-corrected chi connectivity index (χ1v) is 9.61. The van der Waals surface area contributed by atoms with Gasteiger partial charge in [-0.15, -0.1) is 0 Å². The highest BCUT2D eigenvalue weighted by atomic mass is 16.6. The molecule has 0 radical (unpaired) electrons. The molecule has 0 aromatic heterocycles. The lowest BCUT2D eigenvalue weighted by atomic mass is 9.84. The number of allylic oxidation sites excluding steroid dienone is 1. The van der Waals surface area contributed by atoms with Gasteiger partial charge in [0.2, 0.25) is 0 Å². The van der Waals surface area contributed by atoms with Crippen LogP contribution in [0.4, 0.5) is 0 Å². The van der Waals surface area contributed by atoms with Crippen LogP contribution in [0, 0.1) is 19.8 Å². The maximum absolute atomic E-state index is 12.6. The topological polar surface area (TPSA) is 52.6 Å². The number of aryl methyl sites for hydroxylation is 2. The Kier molecular flexibility index (Phi) is 8.00. The Morgan fingerprint density at radius 2 is 1.29 bits per heavy atom. The summed E-state index contributed by atoms with van der Waals surface area (Å²) in [4.78, 5) is 25.3. The summed E-state index contributed by atoms with van der Waals surface area (Å²) in [5, 5.41) is 0. The summed E-state index contributed by atoms with van der Waals surface area (Å²) in [5.74, 6) is -2.68. The molecule has 0 heterocycles. The summed E-state index contributed by atoms with van der Waals surface area (Å²) in [6.45, 7) is 7.88. The van der Waals surface area contributed by atoms with E-state index in [9.17, 15) is 9.59 Å². The van der Waals surface area contributed by atoms with Crippen molar-refractivity contribution < 1.29 is 19.1 Å². The third-order valence-corrected chi connectivity index (χ3v) is 4.48. The van der Waals surface area contributed by atoms with E-state index >= 15 is 0 Å². The summed E-state index contributed by atoms with van der Waals surface area (Å²) >= 11 is 0. The minimum Gasteiger partial charge on any atom is -0.465 e. The molecule has 0 N–H and O–H groups in total. The second kappa shape index (κ2) is 10.5. The molecule has 0 saturated carbocycles. The highest BCUT2D eigenvalue weighted by molar-refractivity contribution is 5.96. The van der Waals surface area contributed by atoms with Crippen molar-refractivity contribution in [3.05, 3.63) is 76.9 Å². The number of rotatable bonds is 8. The van der Waals surface area contributed by atoms with E-state index in [1.165, 1.54) is 5.56 Å². The summed E-state index contributed by atoms with van der Waals surface area (Å²) in [7, 11) is 0. The fourth-order valence-corrected chi connectivity index (χ4v) is 2.95. The van der Waals surface area contributed by atoms with Crippen LogP contribution in [0.15, 0.2) is 54.6 Å². The number of ether oxygens (including phenoxy) is 2. The number of esters is 2. The zero-order valence-electron chi connectivity index (χ0n) is 17.0. The Morgan fingerprint density at radius 3 is 1.75 bits per heavy atom. The average Bonchev–Trinajstić information content (AvgIpc) is 2.67. The third-order valence-electron chi connectivity index (χ3n) is 4.48. The van der Waals surface area contributed by atoms with Crippen molar-refractivity contribution in [3.8, 4) is 0 Å². The Morgan fingerprint density at radius 1 is 0.821 bits per heavy atom. The molecular formula is C24H28O4. The zero-order chi connectivity index (χ0) is 20.5. The monoisotopic (exact) mass is 380 g/mol. The second-order valence-electron chi connectivity index (χ2n) is 6.69. The predicted octanol–water partition coefficient (Wildman–Crippen LogP) is 4.84. The van der Waals surface area contributed by atoms with Gasteiger partial charge in [-0.25, -0.2) is 0 Å². The number of hydrogen-bond donors (Lipinski definition) is 0. The van der Waals surface area contributed by atoms with Crippen molar-refractivity contribution in [1.29, 1.82) is 0 Å². The lowest BCUT2D eigenvalue weighted by Crippen LogP contribution is -2.32. The molecule has 0 bridgehead atoms. The van der Waals surface area contributed by atoms with Gasteiger partial charge in [0.1, 0.15) is 0 Å². The quantitative estimate of drug-likeness (QED) is 0.486. The third kappa shape index (κ3) is 5.81. The van der Waals surface area contributed by atoms with E-state index in [4.69, 9.17) is 9.47 Å². The van der Waals surface area contributed by atoms with Crippen LogP contribution < -0.4 is 0 Å². The van der Waals surface area contributed by atoms with E-state index in [2.05, 4.69) is 0 Å². The molecule has 148 valence electrons. The molecular weight excluding hydrogens is 352 g/mol. The van der Waals surface area contributed by atoms with E-state index in [0.717, 1.165) is 16.7 Å².